The van der Waals surface area contributed by atoms with Crippen LogP contribution in [0.1, 0.15) is 47.1 Å². The maximum Gasteiger partial charge on any atom is 0.254 e. The SMILES string of the molecule is CC[C@H](C)N(CC(=O)N1CCc2sccc2[C@H]1COc1ccccc1OC)C(=O)c1cccc(OC)c1. The standard InChI is InChI=1S/C29H34N2O5S/c1-5-20(2)31(29(33)21-9-8-10-22(17-21)34-3)18-28(32)30-15-13-27-23(14-16-37-27)24(30)19-36-26-12-7-6-11-25(26)35-4/h6-12,14,16-17,20,24H,5,13,15,18-19H2,1-4H3/t20-,24+/m0/s1. The number of methoxy groups -OCH3 is 2. The van der Waals surface area contributed by atoms with Crippen molar-refractivity contribution in [3.8, 4) is 17.2 Å². The van der Waals surface area contributed by atoms with E-state index in [0.29, 0.717) is 36.0 Å². The zero-order chi connectivity index (χ0) is 26.4. The predicted molar refractivity (Wildman–Crippen MR) is 145 cm³/mol. The molecule has 0 spiro atoms. The van der Waals surface area contributed by atoms with Crippen LogP contribution in [0.15, 0.2) is 60.0 Å². The molecule has 0 saturated heterocycles. The third-order valence-corrected chi connectivity index (χ3v) is 7.88. The van der Waals surface area contributed by atoms with Crippen LogP contribution in [0, 0.1) is 0 Å². The Morgan fingerprint density at radius 3 is 2.59 bits per heavy atom. The van der Waals surface area contributed by atoms with Crippen LogP contribution in [-0.4, -0.2) is 61.6 Å². The van der Waals surface area contributed by atoms with Gasteiger partial charge in [0.05, 0.1) is 20.3 Å². The summed E-state index contributed by atoms with van der Waals surface area (Å²) in [6, 6.07) is 16.3. The molecule has 0 saturated carbocycles. The fourth-order valence-corrected chi connectivity index (χ4v) is 5.52. The molecule has 1 aliphatic heterocycles. The van der Waals surface area contributed by atoms with Gasteiger partial charge in [-0.15, -0.1) is 11.3 Å². The van der Waals surface area contributed by atoms with Crippen molar-refractivity contribution in [3.63, 3.8) is 0 Å². The van der Waals surface area contributed by atoms with Gasteiger partial charge in [-0.25, -0.2) is 0 Å². The number of nitrogens with zero attached hydrogens (tertiary/aromatic N) is 2. The Bertz CT molecular complexity index is 1230. The van der Waals surface area contributed by atoms with E-state index in [9.17, 15) is 9.59 Å². The molecule has 3 aromatic rings. The average Bonchev–Trinajstić information content (AvgIpc) is 3.43. The minimum Gasteiger partial charge on any atom is -0.497 e. The molecule has 0 aliphatic carbocycles. The summed E-state index contributed by atoms with van der Waals surface area (Å²) in [5.41, 5.74) is 1.61. The first-order valence-corrected chi connectivity index (χ1v) is 13.4. The van der Waals surface area contributed by atoms with Gasteiger partial charge in [0.15, 0.2) is 11.5 Å². The maximum atomic E-state index is 13.8. The summed E-state index contributed by atoms with van der Waals surface area (Å²) in [6.45, 7) is 4.86. The van der Waals surface area contributed by atoms with Crippen molar-refractivity contribution in [3.05, 3.63) is 76.0 Å². The normalized spacial score (nSPS) is 15.5. The smallest absolute Gasteiger partial charge is 0.254 e. The van der Waals surface area contributed by atoms with Crippen LogP contribution in [0.4, 0.5) is 0 Å². The van der Waals surface area contributed by atoms with Gasteiger partial charge in [-0.2, -0.15) is 0 Å². The number of carbonyl (C=O) groups excluding carboxylic acids is 2. The lowest BCUT2D eigenvalue weighted by Crippen LogP contribution is -2.49. The van der Waals surface area contributed by atoms with Crippen LogP contribution < -0.4 is 14.2 Å². The molecule has 2 amide bonds. The van der Waals surface area contributed by atoms with Gasteiger partial charge >= 0.3 is 0 Å². The van der Waals surface area contributed by atoms with Gasteiger partial charge in [0.1, 0.15) is 18.9 Å². The molecular formula is C29H34N2O5S. The fraction of sp³-hybridized carbons (Fsp3) is 0.379. The Labute approximate surface area is 222 Å². The number of thiophene rings is 1. The molecule has 37 heavy (non-hydrogen) atoms. The molecule has 0 radical (unpaired) electrons. The summed E-state index contributed by atoms with van der Waals surface area (Å²) in [7, 11) is 3.18. The minimum absolute atomic E-state index is 0.00429. The Kier molecular flexibility index (Phi) is 8.71. The fourth-order valence-electron chi connectivity index (χ4n) is 4.59. The van der Waals surface area contributed by atoms with E-state index in [1.807, 2.05) is 43.0 Å². The van der Waals surface area contributed by atoms with Gasteiger partial charge in [0.25, 0.3) is 5.91 Å². The number of para-hydroxylation sites is 2. The summed E-state index contributed by atoms with van der Waals surface area (Å²) in [5, 5.41) is 2.06. The Morgan fingerprint density at radius 2 is 1.86 bits per heavy atom. The zero-order valence-electron chi connectivity index (χ0n) is 21.8. The summed E-state index contributed by atoms with van der Waals surface area (Å²) in [4.78, 5) is 32.1. The van der Waals surface area contributed by atoms with Gasteiger partial charge in [0, 0.05) is 23.0 Å². The van der Waals surface area contributed by atoms with E-state index in [4.69, 9.17) is 14.2 Å². The molecule has 1 aromatic heterocycles. The van der Waals surface area contributed by atoms with E-state index < -0.39 is 0 Å². The summed E-state index contributed by atoms with van der Waals surface area (Å²) >= 11 is 1.71. The van der Waals surface area contributed by atoms with Crippen LogP contribution in [0.5, 0.6) is 17.2 Å². The third-order valence-electron chi connectivity index (χ3n) is 6.89. The number of hydrogen-bond donors (Lipinski definition) is 0. The lowest BCUT2D eigenvalue weighted by molar-refractivity contribution is -0.136. The molecule has 2 aromatic carbocycles. The molecule has 0 N–H and O–H groups in total. The first-order valence-electron chi connectivity index (χ1n) is 12.5. The molecular weight excluding hydrogens is 488 g/mol. The van der Waals surface area contributed by atoms with E-state index in [-0.39, 0.29) is 30.4 Å². The first kappa shape index (κ1) is 26.5. The van der Waals surface area contributed by atoms with Gasteiger partial charge in [-0.3, -0.25) is 9.59 Å². The summed E-state index contributed by atoms with van der Waals surface area (Å²) in [6.07, 6.45) is 1.52. The molecule has 0 bridgehead atoms. The molecule has 0 unspecified atom stereocenters. The number of hydrogen-bond acceptors (Lipinski definition) is 6. The van der Waals surface area contributed by atoms with Crippen LogP contribution in [0.2, 0.25) is 0 Å². The van der Waals surface area contributed by atoms with E-state index >= 15 is 0 Å². The van der Waals surface area contributed by atoms with Gasteiger partial charge in [-0.05, 0) is 67.1 Å². The number of carbonyl (C=O) groups is 2. The second kappa shape index (κ2) is 12.1. The molecule has 2 atom stereocenters. The topological polar surface area (TPSA) is 68.3 Å². The van der Waals surface area contributed by atoms with E-state index in [1.54, 1.807) is 54.7 Å². The number of ether oxygens (including phenoxy) is 3. The highest BCUT2D eigenvalue weighted by Gasteiger charge is 2.34. The molecule has 4 rings (SSSR count). The molecule has 0 fully saturated rings. The largest absolute Gasteiger partial charge is 0.497 e. The highest BCUT2D eigenvalue weighted by atomic mass is 32.1. The number of fused-ring (bicyclic) bond motifs is 1. The van der Waals surface area contributed by atoms with Gasteiger partial charge in [-0.1, -0.05) is 25.1 Å². The van der Waals surface area contributed by atoms with Crippen molar-refractivity contribution in [2.45, 2.75) is 38.8 Å². The van der Waals surface area contributed by atoms with Crippen molar-refractivity contribution in [2.24, 2.45) is 0 Å². The molecule has 196 valence electrons. The summed E-state index contributed by atoms with van der Waals surface area (Å²) in [5.74, 6) is 1.61. The Balaban J connectivity index is 1.56. The quantitative estimate of drug-likeness (QED) is 0.366. The lowest BCUT2D eigenvalue weighted by Gasteiger charge is -2.38. The van der Waals surface area contributed by atoms with Crippen molar-refractivity contribution < 1.29 is 23.8 Å². The highest BCUT2D eigenvalue weighted by Crippen LogP contribution is 2.35. The third kappa shape index (κ3) is 5.91. The minimum atomic E-state index is -0.252. The van der Waals surface area contributed by atoms with E-state index in [0.717, 1.165) is 18.4 Å². The molecule has 7 nitrogen and oxygen atoms in total. The van der Waals surface area contributed by atoms with Crippen molar-refractivity contribution in [1.82, 2.24) is 9.80 Å². The Hall–Kier alpha value is -3.52. The number of benzene rings is 2. The van der Waals surface area contributed by atoms with E-state index in [1.165, 1.54) is 4.88 Å². The summed E-state index contributed by atoms with van der Waals surface area (Å²) < 4.78 is 16.9. The second-order valence-corrected chi connectivity index (χ2v) is 10.0. The average molecular weight is 523 g/mol. The van der Waals surface area contributed by atoms with Crippen LogP contribution in [0.3, 0.4) is 0 Å². The van der Waals surface area contributed by atoms with Crippen LogP contribution >= 0.6 is 11.3 Å². The number of amides is 2. The molecule has 8 heteroatoms. The first-order chi connectivity index (χ1) is 18.0. The Morgan fingerprint density at radius 1 is 1.08 bits per heavy atom. The second-order valence-electron chi connectivity index (χ2n) is 9.04. The monoisotopic (exact) mass is 522 g/mol. The predicted octanol–water partition coefficient (Wildman–Crippen LogP) is 5.21. The molecule has 1 aliphatic rings. The van der Waals surface area contributed by atoms with Crippen molar-refractivity contribution in [1.29, 1.82) is 0 Å². The molecule has 2 heterocycles. The zero-order valence-corrected chi connectivity index (χ0v) is 22.6. The van der Waals surface area contributed by atoms with Gasteiger partial charge < -0.3 is 24.0 Å². The van der Waals surface area contributed by atoms with Crippen molar-refractivity contribution in [2.75, 3.05) is 33.9 Å². The number of rotatable bonds is 10. The maximum absolute atomic E-state index is 13.8. The van der Waals surface area contributed by atoms with Crippen LogP contribution in [-0.2, 0) is 11.2 Å². The highest BCUT2D eigenvalue weighted by molar-refractivity contribution is 7.10. The van der Waals surface area contributed by atoms with E-state index in [2.05, 4.69) is 11.4 Å². The van der Waals surface area contributed by atoms with Crippen LogP contribution in [0.25, 0.3) is 0 Å². The lowest BCUT2D eigenvalue weighted by atomic mass is 10.00. The van der Waals surface area contributed by atoms with Gasteiger partial charge in [0.2, 0.25) is 5.91 Å². The van der Waals surface area contributed by atoms with Crippen molar-refractivity contribution >= 4 is 23.2 Å².